The van der Waals surface area contributed by atoms with E-state index >= 15 is 0 Å². The summed E-state index contributed by atoms with van der Waals surface area (Å²) in [5, 5.41) is 13.4. The van der Waals surface area contributed by atoms with Gasteiger partial charge in [0.2, 0.25) is 0 Å². The fraction of sp³-hybridized carbons (Fsp3) is 0.281. The summed E-state index contributed by atoms with van der Waals surface area (Å²) in [5.41, 5.74) is 4.62. The van der Waals surface area contributed by atoms with Crippen LogP contribution in [0.25, 0.3) is 11.1 Å². The summed E-state index contributed by atoms with van der Waals surface area (Å²) < 4.78 is 0. The first-order chi connectivity index (χ1) is 19.0. The van der Waals surface area contributed by atoms with E-state index in [1.54, 1.807) is 12.1 Å². The average Bonchev–Trinajstić information content (AvgIpc) is 2.96. The van der Waals surface area contributed by atoms with Crippen molar-refractivity contribution in [1.82, 2.24) is 0 Å². The molecule has 0 fully saturated rings. The van der Waals surface area contributed by atoms with E-state index in [1.807, 2.05) is 24.3 Å². The summed E-state index contributed by atoms with van der Waals surface area (Å²) in [6.45, 7) is 5.02. The van der Waals surface area contributed by atoms with E-state index in [4.69, 9.17) is 19.8 Å². The number of hydrogen-bond acceptors (Lipinski definition) is 7. The molecule has 3 rings (SSSR count). The molecule has 0 radical (unpaired) electrons. The second kappa shape index (κ2) is 16.0. The van der Waals surface area contributed by atoms with Gasteiger partial charge in [-0.25, -0.2) is 4.79 Å². The number of hydrogen-bond donors (Lipinski definition) is 1. The quantitative estimate of drug-likeness (QED) is 0.0835. The summed E-state index contributed by atoms with van der Waals surface area (Å²) in [6, 6.07) is 21.1. The minimum atomic E-state index is -0.951. The average molecular weight is 531 g/mol. The van der Waals surface area contributed by atoms with Crippen LogP contribution in [0.5, 0.6) is 11.5 Å². The summed E-state index contributed by atoms with van der Waals surface area (Å²) >= 11 is 0. The molecule has 0 aromatic heterocycles. The van der Waals surface area contributed by atoms with Gasteiger partial charge < -0.3 is 9.99 Å². The molecule has 0 aliphatic carbocycles. The van der Waals surface area contributed by atoms with Crippen molar-refractivity contribution >= 4 is 5.97 Å². The Kier molecular flexibility index (Phi) is 12.1. The molecule has 0 heterocycles. The Morgan fingerprint density at radius 1 is 0.821 bits per heavy atom. The molecule has 3 aromatic rings. The molecule has 1 N–H and O–H groups in total. The fourth-order valence-corrected chi connectivity index (χ4v) is 3.72. The predicted octanol–water partition coefficient (Wildman–Crippen LogP) is 6.52. The normalized spacial score (nSPS) is 10.3. The zero-order valence-electron chi connectivity index (χ0n) is 22.4. The van der Waals surface area contributed by atoms with Crippen LogP contribution in [0.4, 0.5) is 0 Å². The maximum Gasteiger partial charge on any atom is 0.375 e. The highest BCUT2D eigenvalue weighted by Gasteiger charge is 2.11. The third-order valence-electron chi connectivity index (χ3n) is 5.87. The van der Waals surface area contributed by atoms with Gasteiger partial charge in [-0.1, -0.05) is 75.3 Å². The molecule has 0 saturated heterocycles. The smallest absolute Gasteiger partial charge is 0.375 e. The topological polar surface area (TPSA) is 83.5 Å². The lowest BCUT2D eigenvalue weighted by atomic mass is 10.0. The molecule has 0 aliphatic rings. The maximum atomic E-state index is 11.5. The molecule has 204 valence electrons. The van der Waals surface area contributed by atoms with Gasteiger partial charge in [-0.05, 0) is 65.9 Å². The highest BCUT2D eigenvalue weighted by molar-refractivity contribution is 5.87. The molecule has 0 saturated carbocycles. The standard InChI is InChI=1S/C32H34O7/c1-4-5-6-7-8-9-25-10-12-26(13-11-25)14-15-27-16-18-28(19-17-27)29-20-30(36-35-3)22-31(21-29)37-39-38-32(34)24(2)23-33/h10-13,16-22,33H,2,4-9,23H2,1,3H3. The van der Waals surface area contributed by atoms with Crippen molar-refractivity contribution < 1.29 is 34.5 Å². The summed E-state index contributed by atoms with van der Waals surface area (Å²) in [5.74, 6) is 6.01. The van der Waals surface area contributed by atoms with Crippen LogP contribution in [0.3, 0.4) is 0 Å². The summed E-state index contributed by atoms with van der Waals surface area (Å²) in [6.07, 6.45) is 7.52. The van der Waals surface area contributed by atoms with Crippen molar-refractivity contribution in [1.29, 1.82) is 0 Å². The lowest BCUT2D eigenvalue weighted by molar-refractivity contribution is -0.435. The van der Waals surface area contributed by atoms with Gasteiger partial charge in [0.05, 0.1) is 19.3 Å². The number of aryl methyl sites for hydroxylation is 1. The molecule has 3 aromatic carbocycles. The minimum absolute atomic E-state index is 0.177. The van der Waals surface area contributed by atoms with E-state index in [9.17, 15) is 4.79 Å². The van der Waals surface area contributed by atoms with Crippen molar-refractivity contribution in [3.63, 3.8) is 0 Å². The Morgan fingerprint density at radius 2 is 1.44 bits per heavy atom. The van der Waals surface area contributed by atoms with Gasteiger partial charge in [0.1, 0.15) is 0 Å². The van der Waals surface area contributed by atoms with Crippen LogP contribution in [-0.4, -0.2) is 24.8 Å². The van der Waals surface area contributed by atoms with Crippen molar-refractivity contribution in [3.05, 3.63) is 95.6 Å². The number of aliphatic hydroxyl groups excluding tert-OH is 1. The van der Waals surface area contributed by atoms with Gasteiger partial charge in [-0.2, -0.15) is 4.89 Å². The first-order valence-corrected chi connectivity index (χ1v) is 12.9. The molecule has 39 heavy (non-hydrogen) atoms. The summed E-state index contributed by atoms with van der Waals surface area (Å²) in [7, 11) is 1.38. The summed E-state index contributed by atoms with van der Waals surface area (Å²) in [4.78, 5) is 30.9. The van der Waals surface area contributed by atoms with E-state index in [0.29, 0.717) is 5.75 Å². The first kappa shape index (κ1) is 29.5. The van der Waals surface area contributed by atoms with Crippen molar-refractivity contribution in [2.75, 3.05) is 13.7 Å². The number of carbonyl (C=O) groups excluding carboxylic acids is 1. The molecular weight excluding hydrogens is 496 g/mol. The third-order valence-corrected chi connectivity index (χ3v) is 5.87. The van der Waals surface area contributed by atoms with Gasteiger partial charge in [0.15, 0.2) is 11.5 Å². The molecule has 0 atom stereocenters. The van der Waals surface area contributed by atoms with E-state index in [0.717, 1.165) is 28.7 Å². The molecule has 0 unspecified atom stereocenters. The molecule has 0 bridgehead atoms. The second-order valence-corrected chi connectivity index (χ2v) is 8.92. The van der Waals surface area contributed by atoms with Crippen LogP contribution >= 0.6 is 0 Å². The van der Waals surface area contributed by atoms with Gasteiger partial charge in [-0.3, -0.25) is 9.78 Å². The monoisotopic (exact) mass is 530 g/mol. The Labute approximate surface area is 229 Å². The zero-order chi connectivity index (χ0) is 27.9. The second-order valence-electron chi connectivity index (χ2n) is 8.92. The van der Waals surface area contributed by atoms with E-state index < -0.39 is 12.6 Å². The number of unbranched alkanes of at least 4 members (excludes halogenated alkanes) is 4. The van der Waals surface area contributed by atoms with Crippen LogP contribution in [0, 0.1) is 11.8 Å². The van der Waals surface area contributed by atoms with Crippen molar-refractivity contribution in [2.24, 2.45) is 0 Å². The Hall–Kier alpha value is -4.09. The highest BCUT2D eigenvalue weighted by Crippen LogP contribution is 2.30. The number of carbonyl (C=O) groups is 1. The molecule has 7 heteroatoms. The Balaban J connectivity index is 1.63. The van der Waals surface area contributed by atoms with Crippen molar-refractivity contribution in [3.8, 4) is 34.5 Å². The van der Waals surface area contributed by atoms with Gasteiger partial charge >= 0.3 is 5.97 Å². The van der Waals surface area contributed by atoms with E-state index in [-0.39, 0.29) is 11.3 Å². The lowest BCUT2D eigenvalue weighted by Gasteiger charge is -2.09. The number of aliphatic hydroxyl groups is 1. The Bertz CT molecular complexity index is 1270. The number of benzene rings is 3. The Morgan fingerprint density at radius 3 is 2.05 bits per heavy atom. The zero-order valence-corrected chi connectivity index (χ0v) is 22.4. The van der Waals surface area contributed by atoms with Crippen LogP contribution in [0.2, 0.25) is 0 Å². The third kappa shape index (κ3) is 9.95. The van der Waals surface area contributed by atoms with Gasteiger partial charge in [-0.15, -0.1) is 0 Å². The lowest BCUT2D eigenvalue weighted by Crippen LogP contribution is -2.12. The SMILES string of the molecule is C=C(CO)C(=O)OOOc1cc(OOC)cc(-c2ccc(C#Cc3ccc(CCCCCCC)cc3)cc2)c1. The highest BCUT2D eigenvalue weighted by atomic mass is 17.5. The minimum Gasteiger partial charge on any atom is -0.391 e. The first-order valence-electron chi connectivity index (χ1n) is 12.9. The number of rotatable bonds is 14. The molecule has 7 nitrogen and oxygen atoms in total. The van der Waals surface area contributed by atoms with Crippen LogP contribution in [0.15, 0.2) is 78.9 Å². The van der Waals surface area contributed by atoms with Crippen LogP contribution in [-0.2, 0) is 26.0 Å². The molecule has 0 aliphatic heterocycles. The molecule has 0 amide bonds. The van der Waals surface area contributed by atoms with E-state index in [2.05, 4.69) is 59.5 Å². The van der Waals surface area contributed by atoms with Crippen LogP contribution in [0.1, 0.15) is 55.7 Å². The van der Waals surface area contributed by atoms with Crippen LogP contribution < -0.4 is 9.78 Å². The molecule has 0 spiro atoms. The maximum absolute atomic E-state index is 11.5. The predicted molar refractivity (Wildman–Crippen MR) is 148 cm³/mol. The molecular formula is C32H34O7. The fourth-order valence-electron chi connectivity index (χ4n) is 3.72. The van der Waals surface area contributed by atoms with Gasteiger partial charge in [0.25, 0.3) is 0 Å². The van der Waals surface area contributed by atoms with Gasteiger partial charge in [0, 0.05) is 22.2 Å². The van der Waals surface area contributed by atoms with Crippen molar-refractivity contribution in [2.45, 2.75) is 45.4 Å². The van der Waals surface area contributed by atoms with E-state index in [1.165, 1.54) is 50.8 Å². The largest absolute Gasteiger partial charge is 0.391 e.